The maximum absolute atomic E-state index is 12.6. The summed E-state index contributed by atoms with van der Waals surface area (Å²) in [7, 11) is 0. The van der Waals surface area contributed by atoms with Gasteiger partial charge in [-0.1, -0.05) is 12.2 Å². The van der Waals surface area contributed by atoms with Gasteiger partial charge in [0.15, 0.2) is 0 Å². The van der Waals surface area contributed by atoms with Crippen LogP contribution < -0.4 is 0 Å². The average molecular weight is 215 g/mol. The van der Waals surface area contributed by atoms with Crippen molar-refractivity contribution >= 4 is 6.09 Å². The number of nitrogens with zero attached hydrogens (tertiary/aromatic N) is 1. The molecular formula is C11H18FNO2. The summed E-state index contributed by atoms with van der Waals surface area (Å²) in [5.41, 5.74) is 0.338. The summed E-state index contributed by atoms with van der Waals surface area (Å²) in [5.74, 6) is 0. The van der Waals surface area contributed by atoms with Crippen LogP contribution in [-0.2, 0) is 4.74 Å². The fourth-order valence-corrected chi connectivity index (χ4v) is 1.55. The molecule has 1 fully saturated rings. The van der Waals surface area contributed by atoms with Crippen molar-refractivity contribution in [1.29, 1.82) is 0 Å². The zero-order chi connectivity index (χ0) is 11.6. The van der Waals surface area contributed by atoms with Crippen LogP contribution in [0, 0.1) is 0 Å². The maximum atomic E-state index is 12.6. The van der Waals surface area contributed by atoms with Crippen molar-refractivity contribution < 1.29 is 13.9 Å². The largest absolute Gasteiger partial charge is 0.444 e. The number of carbonyl (C=O) groups is 1. The lowest BCUT2D eigenvalue weighted by Gasteiger charge is -2.27. The van der Waals surface area contributed by atoms with Crippen LogP contribution in [0.2, 0.25) is 0 Å². The van der Waals surface area contributed by atoms with Gasteiger partial charge in [-0.25, -0.2) is 9.18 Å². The van der Waals surface area contributed by atoms with Gasteiger partial charge in [0.2, 0.25) is 0 Å². The molecule has 1 aliphatic heterocycles. The number of ether oxygens (including phenoxy) is 1. The first kappa shape index (κ1) is 12.0. The van der Waals surface area contributed by atoms with E-state index < -0.39 is 24.4 Å². The topological polar surface area (TPSA) is 29.5 Å². The van der Waals surface area contributed by atoms with Gasteiger partial charge in [-0.15, -0.1) is 0 Å². The van der Waals surface area contributed by atoms with Gasteiger partial charge in [-0.3, -0.25) is 4.90 Å². The highest BCUT2D eigenvalue weighted by Gasteiger charge is 2.33. The lowest BCUT2D eigenvalue weighted by molar-refractivity contribution is 0.0210. The number of hydrogen-bond acceptors (Lipinski definition) is 2. The van der Waals surface area contributed by atoms with Crippen molar-refractivity contribution in [1.82, 2.24) is 4.90 Å². The van der Waals surface area contributed by atoms with Crippen LogP contribution in [0.1, 0.15) is 27.2 Å². The Hall–Kier alpha value is -1.06. The number of alkyl halides is 1. The van der Waals surface area contributed by atoms with E-state index in [0.717, 1.165) is 5.57 Å². The first-order valence-corrected chi connectivity index (χ1v) is 5.05. The summed E-state index contributed by atoms with van der Waals surface area (Å²) < 4.78 is 17.8. The minimum atomic E-state index is -0.543. The van der Waals surface area contributed by atoms with Gasteiger partial charge in [-0.05, 0) is 27.2 Å². The molecule has 1 saturated heterocycles. The SMILES string of the molecule is C=C1CC(CF)N(C(=O)OC(C)(C)C)C1. The second-order valence-electron chi connectivity index (χ2n) is 4.87. The van der Waals surface area contributed by atoms with Crippen molar-refractivity contribution in [3.63, 3.8) is 0 Å². The fraction of sp³-hybridized carbons (Fsp3) is 0.727. The molecule has 1 amide bonds. The first-order valence-electron chi connectivity index (χ1n) is 5.05. The van der Waals surface area contributed by atoms with Crippen molar-refractivity contribution in [3.8, 4) is 0 Å². The van der Waals surface area contributed by atoms with Crippen LogP contribution in [0.4, 0.5) is 9.18 Å². The van der Waals surface area contributed by atoms with Crippen molar-refractivity contribution in [2.45, 2.75) is 38.8 Å². The van der Waals surface area contributed by atoms with Crippen LogP contribution in [-0.4, -0.2) is 35.9 Å². The zero-order valence-corrected chi connectivity index (χ0v) is 9.55. The van der Waals surface area contributed by atoms with E-state index in [9.17, 15) is 9.18 Å². The number of carbonyl (C=O) groups excluding carboxylic acids is 1. The highest BCUT2D eigenvalue weighted by molar-refractivity contribution is 5.69. The van der Waals surface area contributed by atoms with Gasteiger partial charge in [0, 0.05) is 6.54 Å². The molecule has 4 heteroatoms. The Bertz CT molecular complexity index is 270. The number of halogens is 1. The molecule has 1 atom stereocenters. The third kappa shape index (κ3) is 3.22. The molecule has 0 N–H and O–H groups in total. The molecule has 1 heterocycles. The van der Waals surface area contributed by atoms with Crippen molar-refractivity contribution in [2.75, 3.05) is 13.2 Å². The van der Waals surface area contributed by atoms with Gasteiger partial charge in [0.25, 0.3) is 0 Å². The summed E-state index contributed by atoms with van der Waals surface area (Å²) >= 11 is 0. The van der Waals surface area contributed by atoms with E-state index in [4.69, 9.17) is 4.74 Å². The predicted octanol–water partition coefficient (Wildman–Crippen LogP) is 2.52. The van der Waals surface area contributed by atoms with Crippen molar-refractivity contribution in [3.05, 3.63) is 12.2 Å². The van der Waals surface area contributed by atoms with Crippen LogP contribution in [0.25, 0.3) is 0 Å². The highest BCUT2D eigenvalue weighted by atomic mass is 19.1. The van der Waals surface area contributed by atoms with Gasteiger partial charge in [-0.2, -0.15) is 0 Å². The van der Waals surface area contributed by atoms with Crippen LogP contribution in [0.3, 0.4) is 0 Å². The molecule has 0 bridgehead atoms. The Balaban J connectivity index is 2.63. The molecule has 0 spiro atoms. The van der Waals surface area contributed by atoms with E-state index in [-0.39, 0.29) is 0 Å². The standard InChI is InChI=1S/C11H18FNO2/c1-8-5-9(6-12)13(7-8)10(14)15-11(2,3)4/h9H,1,5-7H2,2-4H3. The van der Waals surface area contributed by atoms with Gasteiger partial charge in [0.05, 0.1) is 6.04 Å². The molecule has 86 valence electrons. The minimum Gasteiger partial charge on any atom is -0.444 e. The Morgan fingerprint density at radius 1 is 1.67 bits per heavy atom. The molecule has 1 unspecified atom stereocenters. The van der Waals surface area contributed by atoms with Crippen LogP contribution >= 0.6 is 0 Å². The second-order valence-corrected chi connectivity index (χ2v) is 4.87. The highest BCUT2D eigenvalue weighted by Crippen LogP contribution is 2.23. The minimum absolute atomic E-state index is 0.396. The monoisotopic (exact) mass is 215 g/mol. The normalized spacial score (nSPS) is 22.0. The Morgan fingerprint density at radius 2 is 2.27 bits per heavy atom. The van der Waals surface area contributed by atoms with E-state index >= 15 is 0 Å². The molecule has 0 aliphatic carbocycles. The number of likely N-dealkylation sites (tertiary alicyclic amines) is 1. The lowest BCUT2D eigenvalue weighted by atomic mass is 10.2. The van der Waals surface area contributed by atoms with E-state index in [0.29, 0.717) is 13.0 Å². The zero-order valence-electron chi connectivity index (χ0n) is 9.55. The molecule has 0 aromatic carbocycles. The van der Waals surface area contributed by atoms with Gasteiger partial charge >= 0.3 is 6.09 Å². The summed E-state index contributed by atoms with van der Waals surface area (Å²) in [4.78, 5) is 13.1. The van der Waals surface area contributed by atoms with Gasteiger partial charge < -0.3 is 4.74 Å². The van der Waals surface area contributed by atoms with E-state index in [2.05, 4.69) is 6.58 Å². The van der Waals surface area contributed by atoms with Crippen LogP contribution in [0.15, 0.2) is 12.2 Å². The Labute approximate surface area is 89.9 Å². The Kier molecular flexibility index (Phi) is 3.37. The summed E-state index contributed by atoms with van der Waals surface area (Å²) in [6.45, 7) is 9.00. The molecule has 0 aromatic rings. The molecule has 15 heavy (non-hydrogen) atoms. The summed E-state index contributed by atoms with van der Waals surface area (Å²) in [6, 6.07) is -0.396. The molecule has 0 aromatic heterocycles. The summed E-state index contributed by atoms with van der Waals surface area (Å²) in [6.07, 6.45) is 0.0826. The Morgan fingerprint density at radius 3 is 2.73 bits per heavy atom. The number of rotatable bonds is 1. The molecule has 3 nitrogen and oxygen atoms in total. The number of amides is 1. The lowest BCUT2D eigenvalue weighted by Crippen LogP contribution is -2.40. The smallest absolute Gasteiger partial charge is 0.410 e. The molecule has 1 aliphatic rings. The molecule has 1 rings (SSSR count). The fourth-order valence-electron chi connectivity index (χ4n) is 1.55. The van der Waals surface area contributed by atoms with Gasteiger partial charge in [0.1, 0.15) is 12.3 Å². The van der Waals surface area contributed by atoms with Crippen molar-refractivity contribution in [2.24, 2.45) is 0 Å². The first-order chi connectivity index (χ1) is 6.83. The molecule has 0 saturated carbocycles. The van der Waals surface area contributed by atoms with E-state index in [1.54, 1.807) is 20.8 Å². The second kappa shape index (κ2) is 4.21. The molecular weight excluding hydrogens is 197 g/mol. The molecule has 0 radical (unpaired) electrons. The van der Waals surface area contributed by atoms with Crippen LogP contribution in [0.5, 0.6) is 0 Å². The maximum Gasteiger partial charge on any atom is 0.410 e. The quantitative estimate of drug-likeness (QED) is 0.629. The van der Waals surface area contributed by atoms with E-state index in [1.165, 1.54) is 4.90 Å². The number of hydrogen-bond donors (Lipinski definition) is 0. The third-order valence-corrected chi connectivity index (χ3v) is 2.17. The summed E-state index contributed by atoms with van der Waals surface area (Å²) in [5, 5.41) is 0. The third-order valence-electron chi connectivity index (χ3n) is 2.17. The van der Waals surface area contributed by atoms with E-state index in [1.807, 2.05) is 0 Å². The average Bonchev–Trinajstić information content (AvgIpc) is 2.43. The predicted molar refractivity (Wildman–Crippen MR) is 56.5 cm³/mol.